The molecule has 0 radical (unpaired) electrons. The van der Waals surface area contributed by atoms with Gasteiger partial charge in [-0.2, -0.15) is 17.7 Å². The largest absolute Gasteiger partial charge is 0.459 e. The van der Waals surface area contributed by atoms with Crippen LogP contribution in [0, 0.1) is 18.7 Å². The zero-order valence-electron chi connectivity index (χ0n) is 35.0. The van der Waals surface area contributed by atoms with E-state index in [2.05, 4.69) is 15.4 Å². The number of carbonyl (C=O) groups is 4. The molecule has 6 rings (SSSR count). The number of imidazole rings is 1. The van der Waals surface area contributed by atoms with Crippen molar-refractivity contribution >= 4 is 45.1 Å². The molecule has 59 heavy (non-hydrogen) atoms. The number of aryl methyl sites for hydroxylation is 1. The number of amides is 4. The van der Waals surface area contributed by atoms with Crippen molar-refractivity contribution in [1.82, 2.24) is 34.1 Å². The Morgan fingerprint density at radius 1 is 1.10 bits per heavy atom. The average Bonchev–Trinajstić information content (AvgIpc) is 3.45. The van der Waals surface area contributed by atoms with E-state index in [1.807, 2.05) is 61.8 Å². The second-order valence-electron chi connectivity index (χ2n) is 17.3. The molecule has 1 aliphatic carbocycles. The number of halogens is 1. The van der Waals surface area contributed by atoms with Crippen LogP contribution in [0.1, 0.15) is 91.2 Å². The molecule has 3 N–H and O–H groups in total. The third-order valence-electron chi connectivity index (χ3n) is 10.9. The van der Waals surface area contributed by atoms with E-state index in [-0.39, 0.29) is 43.7 Å². The third kappa shape index (κ3) is 9.72. The zero-order chi connectivity index (χ0) is 43.0. The highest BCUT2D eigenvalue weighted by molar-refractivity contribution is 7.87. The standard InChI is InChI=1S/C42H56FN7O8S/c1-25(2)50-33-18-14-16-31(27-19-26(3)20-29(43)21-27)35(33)45-39(50)57-30-22-34-36(51)46-42(38(53)47-59(55,56)48(7)8)23-28(42)15-12-10-9-11-13-17-32(37(52)49(34)24-30)44-40(54)58-41(4,5)6/h12,14-16,18-21,25,28,30,32,34H,9-11,13,17,22-24H2,1-8H3,(H,44,54)(H,46,51)(H,47,53)/b15-12-/t28-,30-,32+,34+,42-/m1/s1. The molecule has 4 amide bonds. The lowest BCUT2D eigenvalue weighted by molar-refractivity contribution is -0.141. The van der Waals surface area contributed by atoms with Crippen LogP contribution in [0.25, 0.3) is 22.2 Å². The molecule has 17 heteroatoms. The van der Waals surface area contributed by atoms with Gasteiger partial charge < -0.3 is 25.0 Å². The summed E-state index contributed by atoms with van der Waals surface area (Å²) in [5.41, 5.74) is 1.00. The van der Waals surface area contributed by atoms with Crippen LogP contribution in [0.4, 0.5) is 9.18 Å². The van der Waals surface area contributed by atoms with Gasteiger partial charge in [0, 0.05) is 38.0 Å². The summed E-state index contributed by atoms with van der Waals surface area (Å²) in [6, 6.07) is 8.27. The van der Waals surface area contributed by atoms with E-state index < -0.39 is 69.3 Å². The van der Waals surface area contributed by atoms with E-state index in [1.54, 1.807) is 20.8 Å². The highest BCUT2D eigenvalue weighted by atomic mass is 32.2. The first kappa shape index (κ1) is 43.5. The fourth-order valence-corrected chi connectivity index (χ4v) is 8.47. The topological polar surface area (TPSA) is 181 Å². The number of ether oxygens (including phenoxy) is 2. The van der Waals surface area contributed by atoms with Gasteiger partial charge >= 0.3 is 16.3 Å². The van der Waals surface area contributed by atoms with E-state index in [0.717, 1.165) is 28.2 Å². The molecule has 320 valence electrons. The van der Waals surface area contributed by atoms with Gasteiger partial charge in [-0.05, 0) is 96.6 Å². The number of nitrogens with zero attached hydrogens (tertiary/aromatic N) is 4. The van der Waals surface area contributed by atoms with Crippen molar-refractivity contribution in [2.24, 2.45) is 5.92 Å². The summed E-state index contributed by atoms with van der Waals surface area (Å²) in [5.74, 6) is -2.96. The Balaban J connectivity index is 1.37. The molecular weight excluding hydrogens is 782 g/mol. The van der Waals surface area contributed by atoms with Crippen LogP contribution < -0.4 is 20.1 Å². The minimum atomic E-state index is -4.20. The summed E-state index contributed by atoms with van der Waals surface area (Å²) >= 11 is 0. The van der Waals surface area contributed by atoms with E-state index in [1.165, 1.54) is 31.1 Å². The summed E-state index contributed by atoms with van der Waals surface area (Å²) in [4.78, 5) is 62.3. The molecule has 0 spiro atoms. The molecule has 2 aromatic carbocycles. The summed E-state index contributed by atoms with van der Waals surface area (Å²) in [5, 5.41) is 5.59. The molecule has 2 aliphatic heterocycles. The zero-order valence-corrected chi connectivity index (χ0v) is 35.8. The fraction of sp³-hybridized carbons (Fsp3) is 0.548. The number of benzene rings is 2. The molecule has 5 atom stereocenters. The van der Waals surface area contributed by atoms with Gasteiger partial charge in [0.2, 0.25) is 11.8 Å². The molecule has 1 saturated carbocycles. The molecule has 0 bridgehead atoms. The van der Waals surface area contributed by atoms with Crippen molar-refractivity contribution in [2.45, 2.75) is 122 Å². The second-order valence-corrected chi connectivity index (χ2v) is 19.2. The van der Waals surface area contributed by atoms with Crippen LogP contribution in [0.15, 0.2) is 48.6 Å². The first-order valence-electron chi connectivity index (χ1n) is 20.2. The fourth-order valence-electron chi connectivity index (χ4n) is 7.87. The Morgan fingerprint density at radius 3 is 2.53 bits per heavy atom. The predicted molar refractivity (Wildman–Crippen MR) is 220 cm³/mol. The van der Waals surface area contributed by atoms with E-state index in [9.17, 15) is 32.0 Å². The number of allylic oxidation sites excluding steroid dienone is 1. The number of aromatic nitrogens is 2. The van der Waals surface area contributed by atoms with Crippen LogP contribution in [-0.2, 0) is 29.3 Å². The second kappa shape index (κ2) is 16.9. The maximum absolute atomic E-state index is 14.6. The van der Waals surface area contributed by atoms with E-state index in [4.69, 9.17) is 14.5 Å². The number of nitrogens with one attached hydrogen (secondary N) is 3. The van der Waals surface area contributed by atoms with Crippen LogP contribution in [0.5, 0.6) is 6.01 Å². The lowest BCUT2D eigenvalue weighted by Gasteiger charge is -2.30. The van der Waals surface area contributed by atoms with Gasteiger partial charge in [-0.15, -0.1) is 0 Å². The quantitative estimate of drug-likeness (QED) is 0.254. The van der Waals surface area contributed by atoms with Gasteiger partial charge in [0.25, 0.3) is 11.9 Å². The summed E-state index contributed by atoms with van der Waals surface area (Å²) in [7, 11) is -1.63. The number of carbonyl (C=O) groups excluding carboxylic acids is 4. The first-order chi connectivity index (χ1) is 27.7. The SMILES string of the molecule is Cc1cc(F)cc(-c2cccc3c2nc(O[C@@H]2C[C@H]4C(=O)N[C@]5(C(=O)NS(=O)(=O)N(C)C)C[C@H]5/C=C\CCCCC[C@H](NC(=O)OC(C)(C)C)C(=O)N4C2)n3C(C)C)c1. The number of alkyl carbamates (subject to hydrolysis) is 1. The molecule has 15 nitrogen and oxygen atoms in total. The molecule has 3 heterocycles. The molecule has 0 unspecified atom stereocenters. The highest BCUT2D eigenvalue weighted by Gasteiger charge is 2.62. The Hall–Kier alpha value is -5.03. The Labute approximate surface area is 345 Å². The van der Waals surface area contributed by atoms with Crippen LogP contribution in [0.2, 0.25) is 0 Å². The van der Waals surface area contributed by atoms with Gasteiger partial charge in [0.1, 0.15) is 40.7 Å². The van der Waals surface area contributed by atoms with Gasteiger partial charge in [0.15, 0.2) is 0 Å². The Kier molecular flexibility index (Phi) is 12.5. The van der Waals surface area contributed by atoms with Crippen molar-refractivity contribution < 1.29 is 41.5 Å². The average molecular weight is 838 g/mol. The van der Waals surface area contributed by atoms with Crippen molar-refractivity contribution in [1.29, 1.82) is 0 Å². The monoisotopic (exact) mass is 837 g/mol. The number of para-hydroxylation sites is 1. The van der Waals surface area contributed by atoms with E-state index in [0.29, 0.717) is 29.5 Å². The number of hydrogen-bond donors (Lipinski definition) is 3. The minimum absolute atomic E-state index is 0.0117. The number of fused-ring (bicyclic) bond motifs is 3. The Bertz CT molecular complexity index is 2230. The van der Waals surface area contributed by atoms with Crippen LogP contribution in [0.3, 0.4) is 0 Å². The lowest BCUT2D eigenvalue weighted by atomic mass is 10.0. The molecule has 3 aliphatic rings. The minimum Gasteiger partial charge on any atom is -0.459 e. The molecule has 2 fully saturated rings. The number of rotatable bonds is 8. The van der Waals surface area contributed by atoms with Crippen molar-refractivity contribution in [3.8, 4) is 17.1 Å². The van der Waals surface area contributed by atoms with Crippen molar-refractivity contribution in [3.05, 3.63) is 59.9 Å². The van der Waals surface area contributed by atoms with E-state index >= 15 is 0 Å². The van der Waals surface area contributed by atoms with Gasteiger partial charge in [-0.1, -0.05) is 43.2 Å². The summed E-state index contributed by atoms with van der Waals surface area (Å²) < 4.78 is 57.2. The predicted octanol–water partition coefficient (Wildman–Crippen LogP) is 5.29. The molecule has 1 aromatic heterocycles. The van der Waals surface area contributed by atoms with Gasteiger partial charge in [-0.3, -0.25) is 19.0 Å². The van der Waals surface area contributed by atoms with Crippen molar-refractivity contribution in [2.75, 3.05) is 20.6 Å². The molecule has 3 aromatic rings. The summed E-state index contributed by atoms with van der Waals surface area (Å²) in [6.07, 6.45) is 5.35. The van der Waals surface area contributed by atoms with Crippen LogP contribution in [-0.4, -0.2) is 101 Å². The lowest BCUT2D eigenvalue weighted by Crippen LogP contribution is -2.58. The highest BCUT2D eigenvalue weighted by Crippen LogP contribution is 2.46. The van der Waals surface area contributed by atoms with Crippen LogP contribution >= 0.6 is 0 Å². The number of hydrogen-bond acceptors (Lipinski definition) is 9. The smallest absolute Gasteiger partial charge is 0.408 e. The van der Waals surface area contributed by atoms with Crippen molar-refractivity contribution in [3.63, 3.8) is 0 Å². The maximum atomic E-state index is 14.6. The summed E-state index contributed by atoms with van der Waals surface area (Å²) in [6.45, 7) is 10.8. The molecule has 1 saturated heterocycles. The van der Waals surface area contributed by atoms with Gasteiger partial charge in [0.05, 0.1) is 12.1 Å². The van der Waals surface area contributed by atoms with Gasteiger partial charge in [-0.25, -0.2) is 13.9 Å². The molecular formula is C42H56FN7O8S. The normalized spacial score (nSPS) is 24.8. The first-order valence-corrected chi connectivity index (χ1v) is 21.6. The Morgan fingerprint density at radius 2 is 1.85 bits per heavy atom. The maximum Gasteiger partial charge on any atom is 0.408 e. The third-order valence-corrected chi connectivity index (χ3v) is 12.3.